The predicted octanol–water partition coefficient (Wildman–Crippen LogP) is -0.00750. The number of hydrogen-bond acceptors (Lipinski definition) is 0. The van der Waals surface area contributed by atoms with E-state index in [9.17, 15) is 0 Å². The van der Waals surface area contributed by atoms with Crippen LogP contribution in [-0.2, 0) is 56.4 Å². The van der Waals surface area contributed by atoms with Crippen LogP contribution in [-0.4, -0.2) is 0 Å². The predicted molar refractivity (Wildman–Crippen MR) is 0 cm³/mol. The molecular weight excluding hydrogens is 492 g/mol. The van der Waals surface area contributed by atoms with Gasteiger partial charge < -0.3 is 0 Å². The van der Waals surface area contributed by atoms with E-state index in [0.29, 0.717) is 0 Å². The van der Waals surface area contributed by atoms with E-state index in [1.54, 1.807) is 0 Å². The molecule has 0 aliphatic heterocycles. The van der Waals surface area contributed by atoms with E-state index in [2.05, 4.69) is 0 Å². The minimum absolute atomic E-state index is 0. The molecule has 30 valence electrons. The van der Waals surface area contributed by atoms with Crippen molar-refractivity contribution in [3.8, 4) is 0 Å². The zero-order valence-corrected chi connectivity index (χ0v) is 9.83. The van der Waals surface area contributed by atoms with Crippen LogP contribution >= 0.6 is 0 Å². The molecule has 0 rings (SSSR count). The van der Waals surface area contributed by atoms with E-state index in [1.807, 2.05) is 0 Å². The van der Waals surface area contributed by atoms with Crippen LogP contribution < -0.4 is 0 Å². The van der Waals surface area contributed by atoms with Crippen molar-refractivity contribution >= 4 is 0 Å². The van der Waals surface area contributed by atoms with Gasteiger partial charge in [-0.3, -0.25) is 0 Å². The summed E-state index contributed by atoms with van der Waals surface area (Å²) >= 11 is 0. The van der Waals surface area contributed by atoms with Crippen LogP contribution in [0.5, 0.6) is 0 Å². The molecule has 0 aromatic carbocycles. The third-order valence-corrected chi connectivity index (χ3v) is 0. The molecule has 0 fully saturated rings. The first-order valence-corrected chi connectivity index (χ1v) is 0. The van der Waals surface area contributed by atoms with Crippen molar-refractivity contribution in [2.24, 2.45) is 0 Å². The van der Waals surface area contributed by atoms with Gasteiger partial charge in [0.05, 0.1) is 0 Å². The van der Waals surface area contributed by atoms with Crippen molar-refractivity contribution in [2.45, 2.75) is 0 Å². The second-order valence-electron chi connectivity index (χ2n) is 0. The Hall–Kier alpha value is 3.16. The van der Waals surface area contributed by atoms with Crippen LogP contribution in [0.1, 0.15) is 0 Å². The van der Waals surface area contributed by atoms with Crippen molar-refractivity contribution in [1.82, 2.24) is 0 Å². The van der Waals surface area contributed by atoms with Gasteiger partial charge >= 0.3 is 0 Å². The summed E-state index contributed by atoms with van der Waals surface area (Å²) in [5.74, 6) is 0. The Labute approximate surface area is 95.9 Å². The van der Waals surface area contributed by atoms with Crippen molar-refractivity contribution in [1.29, 1.82) is 0 Å². The zero-order valence-electron chi connectivity index (χ0n) is 1.52. The van der Waals surface area contributed by atoms with Crippen LogP contribution in [0, 0.1) is 41.7 Å². The van der Waals surface area contributed by atoms with Gasteiger partial charge in [-0.25, -0.2) is 0 Å². The number of rotatable bonds is 0. The average Bonchev–Trinajstić information content (AvgIpc) is 0. The van der Waals surface area contributed by atoms with E-state index in [-0.39, 0.29) is 98.1 Å². The largest absolute Gasteiger partial charge is 0 e. The zero-order chi connectivity index (χ0) is 0. The second kappa shape index (κ2) is 16.4. The molecule has 0 nitrogen and oxygen atoms in total. The summed E-state index contributed by atoms with van der Waals surface area (Å²) in [7, 11) is 0. The van der Waals surface area contributed by atoms with Crippen LogP contribution in [0.25, 0.3) is 0 Å². The molecule has 0 bridgehead atoms. The van der Waals surface area contributed by atoms with Gasteiger partial charge in [-0.05, 0) is 0 Å². The molecule has 0 heterocycles. The Bertz CT molecular complexity index is 8.00. The molecule has 0 aliphatic carbocycles. The van der Waals surface area contributed by atoms with Crippen molar-refractivity contribution < 1.29 is 98.1 Å². The first kappa shape index (κ1) is 27.2. The molecule has 0 aliphatic rings. The smallest absolute Gasteiger partial charge is 0 e. The van der Waals surface area contributed by atoms with Crippen molar-refractivity contribution in [2.75, 3.05) is 0 Å². The van der Waals surface area contributed by atoms with E-state index < -0.39 is 0 Å². The Kier molecular flexibility index (Phi) is 112. The SMILES string of the molecule is [Ce].[Co].[Ir].[Ru]. The standard InChI is InChI=1S/Ce.Co.Ir.Ru. The quantitative estimate of drug-likeness (QED) is 0.418. The third kappa shape index (κ3) is 8.94. The fourth-order valence-corrected chi connectivity index (χ4v) is 0. The minimum atomic E-state index is 0. The molecule has 0 N–H and O–H groups in total. The Morgan fingerprint density at radius 2 is 1.00 bits per heavy atom. The molecule has 0 saturated heterocycles. The minimum Gasteiger partial charge on any atom is 0 e. The maximum atomic E-state index is 0. The Balaban J connectivity index is 0. The molecule has 4 heteroatoms. The van der Waals surface area contributed by atoms with E-state index in [0.717, 1.165) is 0 Å². The van der Waals surface area contributed by atoms with E-state index in [1.165, 1.54) is 0 Å². The summed E-state index contributed by atoms with van der Waals surface area (Å²) in [5, 5.41) is 0. The first-order chi connectivity index (χ1) is 0. The molecule has 0 amide bonds. The fraction of sp³-hybridized carbons (Fsp3) is 0. The molecule has 2 radical (unpaired) electrons. The molecule has 0 aromatic heterocycles. The maximum Gasteiger partial charge on any atom is 0 e. The third-order valence-electron chi connectivity index (χ3n) is 0. The fourth-order valence-electron chi connectivity index (χ4n) is 0. The van der Waals surface area contributed by atoms with Crippen LogP contribution in [0.15, 0.2) is 0 Å². The van der Waals surface area contributed by atoms with Gasteiger partial charge in [0.2, 0.25) is 0 Å². The van der Waals surface area contributed by atoms with Gasteiger partial charge in [0.25, 0.3) is 0 Å². The molecule has 0 spiro atoms. The summed E-state index contributed by atoms with van der Waals surface area (Å²) in [5.41, 5.74) is 0. The van der Waals surface area contributed by atoms with Gasteiger partial charge in [-0.15, -0.1) is 0 Å². The summed E-state index contributed by atoms with van der Waals surface area (Å²) in [4.78, 5) is 0. The van der Waals surface area contributed by atoms with Gasteiger partial charge in [-0.1, -0.05) is 0 Å². The van der Waals surface area contributed by atoms with Gasteiger partial charge in [0.15, 0.2) is 0 Å². The summed E-state index contributed by atoms with van der Waals surface area (Å²) < 4.78 is 0. The number of hydrogen-bond donors (Lipinski definition) is 0. The normalized spacial score (nSPS) is 0. The van der Waals surface area contributed by atoms with E-state index in [4.69, 9.17) is 0 Å². The van der Waals surface area contributed by atoms with Crippen molar-refractivity contribution in [3.63, 3.8) is 0 Å². The summed E-state index contributed by atoms with van der Waals surface area (Å²) in [6, 6.07) is 0. The molecule has 0 saturated carbocycles. The van der Waals surface area contributed by atoms with Gasteiger partial charge in [-0.2, -0.15) is 0 Å². The van der Waals surface area contributed by atoms with Gasteiger partial charge in [0.1, 0.15) is 0 Å². The topological polar surface area (TPSA) is 0 Å². The molecule has 0 unspecified atom stereocenters. The maximum absolute atomic E-state index is 0. The molecule has 0 aromatic rings. The molecular formula is CeCoIrRu. The van der Waals surface area contributed by atoms with Crippen LogP contribution in [0.2, 0.25) is 0 Å². The van der Waals surface area contributed by atoms with E-state index >= 15 is 0 Å². The first-order valence-electron chi connectivity index (χ1n) is 0. The van der Waals surface area contributed by atoms with Gasteiger partial charge in [0, 0.05) is 98.1 Å². The molecule has 0 atom stereocenters. The Morgan fingerprint density at radius 1 is 1.00 bits per heavy atom. The van der Waals surface area contributed by atoms with Crippen molar-refractivity contribution in [3.05, 3.63) is 0 Å². The second-order valence-corrected chi connectivity index (χ2v) is 0. The Morgan fingerprint density at radius 3 is 1.00 bits per heavy atom. The summed E-state index contributed by atoms with van der Waals surface area (Å²) in [6.45, 7) is 0. The summed E-state index contributed by atoms with van der Waals surface area (Å²) in [6.07, 6.45) is 0. The van der Waals surface area contributed by atoms with Crippen LogP contribution in [0.4, 0.5) is 0 Å². The van der Waals surface area contributed by atoms with Crippen LogP contribution in [0.3, 0.4) is 0 Å². The molecule has 4 heavy (non-hydrogen) atoms. The average molecular weight is 492 g/mol. The monoisotopic (exact) mass is 494 g/mol.